The number of hydrogen-bond donors (Lipinski definition) is 0. The van der Waals surface area contributed by atoms with Crippen molar-refractivity contribution >= 4 is 11.7 Å². The molecule has 0 saturated carbocycles. The van der Waals surface area contributed by atoms with Crippen LogP contribution in [0.25, 0.3) is 0 Å². The van der Waals surface area contributed by atoms with E-state index in [1.54, 1.807) is 6.92 Å². The Labute approximate surface area is 117 Å². The van der Waals surface area contributed by atoms with Crippen molar-refractivity contribution in [1.29, 1.82) is 0 Å². The first-order chi connectivity index (χ1) is 9.08. The average Bonchev–Trinajstić information content (AvgIpc) is 2.56. The Morgan fingerprint density at radius 1 is 1.16 bits per heavy atom. The van der Waals surface area contributed by atoms with Crippen LogP contribution in [0.3, 0.4) is 0 Å². The molecule has 4 nitrogen and oxygen atoms in total. The second-order valence-electron chi connectivity index (χ2n) is 5.45. The standard InChI is InChI=1S/C15H28N2O2/c1-4-16(5-2)15(19)12-17-10-8-6-7-9-14(17)11-13(3)18/h14H,4-12H2,1-3H3. The monoisotopic (exact) mass is 268 g/mol. The highest BCUT2D eigenvalue weighted by atomic mass is 16.2. The third-order valence-corrected chi connectivity index (χ3v) is 3.98. The molecule has 1 rings (SSSR count). The smallest absolute Gasteiger partial charge is 0.236 e. The minimum absolute atomic E-state index is 0.195. The number of carbonyl (C=O) groups is 2. The lowest BCUT2D eigenvalue weighted by molar-refractivity contribution is -0.133. The molecule has 110 valence electrons. The number of nitrogens with zero attached hydrogens (tertiary/aromatic N) is 2. The fourth-order valence-corrected chi connectivity index (χ4v) is 2.86. The van der Waals surface area contributed by atoms with Gasteiger partial charge in [-0.3, -0.25) is 14.5 Å². The summed E-state index contributed by atoms with van der Waals surface area (Å²) in [4.78, 5) is 27.7. The van der Waals surface area contributed by atoms with Crippen molar-refractivity contribution < 1.29 is 9.59 Å². The van der Waals surface area contributed by atoms with Crippen molar-refractivity contribution in [2.24, 2.45) is 0 Å². The Bertz CT molecular complexity index is 301. The Morgan fingerprint density at radius 3 is 2.42 bits per heavy atom. The van der Waals surface area contributed by atoms with Gasteiger partial charge in [0.25, 0.3) is 0 Å². The molecule has 1 amide bonds. The van der Waals surface area contributed by atoms with Crippen LogP contribution in [0, 0.1) is 0 Å². The van der Waals surface area contributed by atoms with Gasteiger partial charge in [0, 0.05) is 25.6 Å². The van der Waals surface area contributed by atoms with E-state index in [0.29, 0.717) is 13.0 Å². The molecular weight excluding hydrogens is 240 g/mol. The van der Waals surface area contributed by atoms with E-state index >= 15 is 0 Å². The zero-order valence-electron chi connectivity index (χ0n) is 12.7. The van der Waals surface area contributed by atoms with E-state index in [0.717, 1.165) is 32.5 Å². The lowest BCUT2D eigenvalue weighted by Gasteiger charge is -2.31. The molecule has 0 spiro atoms. The molecule has 0 bridgehead atoms. The van der Waals surface area contributed by atoms with Gasteiger partial charge in [-0.1, -0.05) is 12.8 Å². The van der Waals surface area contributed by atoms with Crippen molar-refractivity contribution in [3.63, 3.8) is 0 Å². The van der Waals surface area contributed by atoms with Crippen molar-refractivity contribution in [2.75, 3.05) is 26.2 Å². The lowest BCUT2D eigenvalue weighted by Crippen LogP contribution is -2.45. The second-order valence-corrected chi connectivity index (χ2v) is 5.45. The molecule has 1 fully saturated rings. The summed E-state index contributed by atoms with van der Waals surface area (Å²) < 4.78 is 0. The van der Waals surface area contributed by atoms with Crippen molar-refractivity contribution in [3.8, 4) is 0 Å². The molecule has 0 radical (unpaired) electrons. The van der Waals surface area contributed by atoms with Crippen LogP contribution in [0.4, 0.5) is 0 Å². The minimum atomic E-state index is 0.195. The van der Waals surface area contributed by atoms with Gasteiger partial charge in [-0.2, -0.15) is 0 Å². The summed E-state index contributed by atoms with van der Waals surface area (Å²) in [5, 5.41) is 0. The zero-order valence-corrected chi connectivity index (χ0v) is 12.7. The number of carbonyl (C=O) groups excluding carboxylic acids is 2. The van der Waals surface area contributed by atoms with Crippen LogP contribution in [-0.4, -0.2) is 53.7 Å². The van der Waals surface area contributed by atoms with E-state index in [-0.39, 0.29) is 17.7 Å². The molecule has 19 heavy (non-hydrogen) atoms. The van der Waals surface area contributed by atoms with Crippen LogP contribution in [0.15, 0.2) is 0 Å². The first-order valence-corrected chi connectivity index (χ1v) is 7.59. The molecule has 0 aromatic carbocycles. The maximum absolute atomic E-state index is 12.2. The maximum atomic E-state index is 12.2. The normalized spacial score (nSPS) is 20.9. The van der Waals surface area contributed by atoms with Gasteiger partial charge < -0.3 is 4.90 Å². The highest BCUT2D eigenvalue weighted by Gasteiger charge is 2.25. The molecule has 1 heterocycles. The van der Waals surface area contributed by atoms with Crippen LogP contribution >= 0.6 is 0 Å². The van der Waals surface area contributed by atoms with Gasteiger partial charge in [-0.05, 0) is 40.2 Å². The van der Waals surface area contributed by atoms with Crippen LogP contribution in [0.1, 0.15) is 52.9 Å². The Balaban J connectivity index is 2.63. The van der Waals surface area contributed by atoms with Crippen LogP contribution < -0.4 is 0 Å². The summed E-state index contributed by atoms with van der Waals surface area (Å²) >= 11 is 0. The van der Waals surface area contributed by atoms with Crippen molar-refractivity contribution in [2.45, 2.75) is 58.9 Å². The highest BCUT2D eigenvalue weighted by molar-refractivity contribution is 5.79. The van der Waals surface area contributed by atoms with Crippen molar-refractivity contribution in [1.82, 2.24) is 9.80 Å². The van der Waals surface area contributed by atoms with Gasteiger partial charge in [0.2, 0.25) is 5.91 Å². The Kier molecular flexibility index (Phi) is 7.06. The second kappa shape index (κ2) is 8.31. The fraction of sp³-hybridized carbons (Fsp3) is 0.867. The van der Waals surface area contributed by atoms with E-state index < -0.39 is 0 Å². The largest absolute Gasteiger partial charge is 0.342 e. The number of amides is 1. The molecule has 0 N–H and O–H groups in total. The lowest BCUT2D eigenvalue weighted by atomic mass is 10.0. The van der Waals surface area contributed by atoms with E-state index in [1.807, 2.05) is 18.7 Å². The topological polar surface area (TPSA) is 40.6 Å². The molecule has 1 aliphatic rings. The van der Waals surface area contributed by atoms with Gasteiger partial charge in [0.05, 0.1) is 6.54 Å². The fourth-order valence-electron chi connectivity index (χ4n) is 2.86. The summed E-state index contributed by atoms with van der Waals surface area (Å²) in [5.41, 5.74) is 0. The van der Waals surface area contributed by atoms with Crippen LogP contribution in [0.2, 0.25) is 0 Å². The van der Waals surface area contributed by atoms with E-state index in [1.165, 1.54) is 12.8 Å². The number of ketones is 1. The third kappa shape index (κ3) is 5.31. The third-order valence-electron chi connectivity index (χ3n) is 3.98. The Hall–Kier alpha value is -0.900. The number of Topliss-reactive ketones (excluding diaryl/α,β-unsaturated/α-hetero) is 1. The molecule has 1 saturated heterocycles. The molecule has 0 aliphatic carbocycles. The molecule has 1 aliphatic heterocycles. The summed E-state index contributed by atoms with van der Waals surface area (Å²) in [5.74, 6) is 0.424. The molecule has 1 unspecified atom stereocenters. The first kappa shape index (κ1) is 16.2. The molecule has 1 atom stereocenters. The van der Waals surface area contributed by atoms with Gasteiger partial charge in [-0.25, -0.2) is 0 Å². The molecule has 0 aromatic heterocycles. The highest BCUT2D eigenvalue weighted by Crippen LogP contribution is 2.19. The predicted octanol–water partition coefficient (Wildman–Crippen LogP) is 2.08. The zero-order chi connectivity index (χ0) is 14.3. The minimum Gasteiger partial charge on any atom is -0.342 e. The summed E-state index contributed by atoms with van der Waals surface area (Å²) in [6.07, 6.45) is 5.16. The summed E-state index contributed by atoms with van der Waals surface area (Å²) in [7, 11) is 0. The van der Waals surface area contributed by atoms with E-state index in [4.69, 9.17) is 0 Å². The summed E-state index contributed by atoms with van der Waals surface area (Å²) in [6, 6.07) is 0.263. The number of rotatable bonds is 6. The first-order valence-electron chi connectivity index (χ1n) is 7.59. The number of hydrogen-bond acceptors (Lipinski definition) is 3. The average molecular weight is 268 g/mol. The SMILES string of the molecule is CCN(CC)C(=O)CN1CCCCCC1CC(C)=O. The molecule has 0 aromatic rings. The van der Waals surface area contributed by atoms with Gasteiger partial charge in [-0.15, -0.1) is 0 Å². The van der Waals surface area contributed by atoms with Crippen molar-refractivity contribution in [3.05, 3.63) is 0 Å². The maximum Gasteiger partial charge on any atom is 0.236 e. The number of likely N-dealkylation sites (N-methyl/N-ethyl adjacent to an activating group) is 1. The number of likely N-dealkylation sites (tertiary alicyclic amines) is 1. The van der Waals surface area contributed by atoms with E-state index in [2.05, 4.69) is 4.90 Å². The predicted molar refractivity (Wildman–Crippen MR) is 77.1 cm³/mol. The van der Waals surface area contributed by atoms with Crippen LogP contribution in [-0.2, 0) is 9.59 Å². The van der Waals surface area contributed by atoms with Gasteiger partial charge in [0.1, 0.15) is 5.78 Å². The quantitative estimate of drug-likeness (QED) is 0.740. The Morgan fingerprint density at radius 2 is 1.84 bits per heavy atom. The molecular formula is C15H28N2O2. The van der Waals surface area contributed by atoms with Gasteiger partial charge >= 0.3 is 0 Å². The molecule has 4 heteroatoms. The van der Waals surface area contributed by atoms with Crippen LogP contribution in [0.5, 0.6) is 0 Å². The van der Waals surface area contributed by atoms with Gasteiger partial charge in [0.15, 0.2) is 0 Å². The van der Waals surface area contributed by atoms with E-state index in [9.17, 15) is 9.59 Å². The summed E-state index contributed by atoms with van der Waals surface area (Å²) in [6.45, 7) is 8.62.